The second kappa shape index (κ2) is 8.79. The summed E-state index contributed by atoms with van der Waals surface area (Å²) in [5, 5.41) is 16.1. The van der Waals surface area contributed by atoms with Gasteiger partial charge in [-0.05, 0) is 55.9 Å². The number of halogens is 2. The Labute approximate surface area is 191 Å². The fourth-order valence-corrected chi connectivity index (χ4v) is 4.95. The van der Waals surface area contributed by atoms with E-state index in [1.54, 1.807) is 35.4 Å². The van der Waals surface area contributed by atoms with Gasteiger partial charge in [-0.1, -0.05) is 53.6 Å². The Hall–Kier alpha value is -2.12. The lowest BCUT2D eigenvalue weighted by molar-refractivity contribution is -0.126. The van der Waals surface area contributed by atoms with Gasteiger partial charge in [-0.15, -0.1) is 0 Å². The smallest absolute Gasteiger partial charge is 0.246 e. The Morgan fingerprint density at radius 3 is 2.71 bits per heavy atom. The number of benzene rings is 1. The fourth-order valence-electron chi connectivity index (χ4n) is 4.50. The predicted octanol–water partition coefficient (Wildman–Crippen LogP) is 3.87. The van der Waals surface area contributed by atoms with E-state index >= 15 is 0 Å². The molecule has 1 aromatic rings. The first kappa shape index (κ1) is 22.1. The first-order chi connectivity index (χ1) is 14.8. The third-order valence-corrected chi connectivity index (χ3v) is 6.87. The van der Waals surface area contributed by atoms with E-state index in [0.717, 1.165) is 30.4 Å². The molecule has 31 heavy (non-hydrogen) atoms. The lowest BCUT2D eigenvalue weighted by Crippen LogP contribution is -2.57. The van der Waals surface area contributed by atoms with Crippen LogP contribution in [0.3, 0.4) is 0 Å². The van der Waals surface area contributed by atoms with Gasteiger partial charge in [-0.25, -0.2) is 5.01 Å². The minimum absolute atomic E-state index is 0.352. The highest BCUT2D eigenvalue weighted by atomic mass is 35.5. The zero-order chi connectivity index (χ0) is 22.3. The van der Waals surface area contributed by atoms with Gasteiger partial charge in [0.05, 0.1) is 28.8 Å². The number of imide groups is 1. The first-order valence-corrected chi connectivity index (χ1v) is 11.1. The molecule has 1 aromatic carbocycles. The van der Waals surface area contributed by atoms with Crippen molar-refractivity contribution in [1.29, 1.82) is 0 Å². The molecule has 3 aliphatic rings. The molecule has 2 heterocycles. The zero-order valence-corrected chi connectivity index (χ0v) is 18.7. The Balaban J connectivity index is 1.65. The van der Waals surface area contributed by atoms with Crippen LogP contribution in [0.2, 0.25) is 10.0 Å². The monoisotopic (exact) mass is 461 g/mol. The maximum atomic E-state index is 12.6. The molecule has 4 unspecified atom stereocenters. The maximum absolute atomic E-state index is 12.6. The van der Waals surface area contributed by atoms with Crippen molar-refractivity contribution in [3.05, 3.63) is 64.2 Å². The second-order valence-electron chi connectivity index (χ2n) is 8.38. The molecule has 0 spiro atoms. The molecule has 5 atom stereocenters. The van der Waals surface area contributed by atoms with Crippen molar-refractivity contribution in [3.63, 3.8) is 0 Å². The summed E-state index contributed by atoms with van der Waals surface area (Å²) in [5.74, 6) is -0.978. The van der Waals surface area contributed by atoms with Crippen molar-refractivity contribution in [1.82, 2.24) is 10.3 Å². The van der Waals surface area contributed by atoms with Crippen LogP contribution in [0.15, 0.2) is 54.2 Å². The van der Waals surface area contributed by atoms with Crippen LogP contribution in [0.1, 0.15) is 26.2 Å². The normalized spacial score (nSPS) is 29.2. The summed E-state index contributed by atoms with van der Waals surface area (Å²) < 4.78 is 0. The summed E-state index contributed by atoms with van der Waals surface area (Å²) in [6.07, 6.45) is 7.23. The highest BCUT2D eigenvalue weighted by Gasteiger charge is 2.50. The van der Waals surface area contributed by atoms with Crippen molar-refractivity contribution >= 4 is 40.7 Å². The number of carbonyl (C=O) groups excluding carboxylic acids is 2. The molecular weight excluding hydrogens is 437 g/mol. The van der Waals surface area contributed by atoms with Gasteiger partial charge in [0.25, 0.3) is 0 Å². The Morgan fingerprint density at radius 2 is 2.06 bits per heavy atom. The number of hydrogen-bond acceptors (Lipinski definition) is 5. The van der Waals surface area contributed by atoms with Gasteiger partial charge in [0.2, 0.25) is 11.8 Å². The second-order valence-corrected chi connectivity index (χ2v) is 9.23. The highest BCUT2D eigenvalue weighted by molar-refractivity contribution is 6.36. The fraction of sp³-hybridized carbons (Fsp3) is 0.391. The van der Waals surface area contributed by atoms with Crippen molar-refractivity contribution in [2.75, 3.05) is 5.43 Å². The molecule has 1 saturated heterocycles. The SMILES string of the molecule is C=C(C)[C@@H]1CC=C(C(O)C2C=CC3C(=O)NC(=O)C3N2Nc2ccc(Cl)cc2Cl)CC1. The number of allylic oxidation sites excluding steroid dienone is 2. The lowest BCUT2D eigenvalue weighted by Gasteiger charge is -2.41. The predicted molar refractivity (Wildman–Crippen MR) is 122 cm³/mol. The first-order valence-electron chi connectivity index (χ1n) is 10.3. The van der Waals surface area contributed by atoms with E-state index in [2.05, 4.69) is 23.4 Å². The van der Waals surface area contributed by atoms with Crippen LogP contribution in [0, 0.1) is 11.8 Å². The number of hydrogen-bond donors (Lipinski definition) is 3. The van der Waals surface area contributed by atoms with Crippen molar-refractivity contribution < 1.29 is 14.7 Å². The summed E-state index contributed by atoms with van der Waals surface area (Å²) in [7, 11) is 0. The van der Waals surface area contributed by atoms with Crippen LogP contribution in [-0.4, -0.2) is 40.1 Å². The van der Waals surface area contributed by atoms with Crippen LogP contribution >= 0.6 is 23.2 Å². The number of amides is 2. The number of aliphatic hydroxyl groups is 1. The average molecular weight is 462 g/mol. The largest absolute Gasteiger partial charge is 0.387 e. The summed E-state index contributed by atoms with van der Waals surface area (Å²) in [5.41, 5.74) is 5.77. The maximum Gasteiger partial charge on any atom is 0.246 e. The van der Waals surface area contributed by atoms with Crippen LogP contribution in [0.25, 0.3) is 0 Å². The third kappa shape index (κ3) is 4.30. The standard InChI is InChI=1S/C23H25Cl2N3O3/c1-12(2)13-3-5-14(6-4-13)21(29)19-10-8-16-20(23(31)26-22(16)30)28(19)27-18-9-7-15(24)11-17(18)25/h5,7-11,13,16,19-21,27,29H,1,3-4,6H2,2H3,(H,26,30,31)/t13-,16?,19?,20?,21?/m1/s1. The third-order valence-electron chi connectivity index (χ3n) is 6.32. The van der Waals surface area contributed by atoms with Crippen molar-refractivity contribution in [2.45, 2.75) is 44.4 Å². The van der Waals surface area contributed by atoms with Crippen molar-refractivity contribution in [3.8, 4) is 0 Å². The topological polar surface area (TPSA) is 81.7 Å². The average Bonchev–Trinajstić information content (AvgIpc) is 3.03. The quantitative estimate of drug-likeness (QED) is 0.457. The molecule has 164 valence electrons. The molecule has 6 nitrogen and oxygen atoms in total. The number of rotatable bonds is 5. The molecule has 3 N–H and O–H groups in total. The number of carbonyl (C=O) groups is 2. The number of anilines is 1. The molecule has 0 saturated carbocycles. The van der Waals surface area contributed by atoms with Gasteiger partial charge in [0.15, 0.2) is 0 Å². The van der Waals surface area contributed by atoms with Crippen LogP contribution in [-0.2, 0) is 9.59 Å². The number of nitrogens with one attached hydrogen (secondary N) is 2. The van der Waals surface area contributed by atoms with Gasteiger partial charge in [-0.3, -0.25) is 14.9 Å². The molecule has 4 rings (SSSR count). The summed E-state index contributed by atoms with van der Waals surface area (Å²) >= 11 is 12.3. The lowest BCUT2D eigenvalue weighted by atomic mass is 9.81. The van der Waals surface area contributed by atoms with E-state index in [4.69, 9.17) is 23.2 Å². The van der Waals surface area contributed by atoms with Gasteiger partial charge < -0.3 is 10.5 Å². The molecule has 1 fully saturated rings. The molecule has 2 aliphatic heterocycles. The Morgan fingerprint density at radius 1 is 1.29 bits per heavy atom. The van der Waals surface area contributed by atoms with E-state index in [9.17, 15) is 14.7 Å². The van der Waals surface area contributed by atoms with Gasteiger partial charge in [0.1, 0.15) is 6.04 Å². The van der Waals surface area contributed by atoms with E-state index in [1.807, 2.05) is 6.92 Å². The molecular formula is C23H25Cl2N3O3. The van der Waals surface area contributed by atoms with Gasteiger partial charge >= 0.3 is 0 Å². The van der Waals surface area contributed by atoms with E-state index in [1.165, 1.54) is 0 Å². The van der Waals surface area contributed by atoms with Crippen LogP contribution < -0.4 is 10.7 Å². The molecule has 0 bridgehead atoms. The molecule has 0 radical (unpaired) electrons. The summed E-state index contributed by atoms with van der Waals surface area (Å²) in [6.45, 7) is 6.07. The number of hydrazine groups is 1. The number of nitrogens with zero attached hydrogens (tertiary/aromatic N) is 1. The highest BCUT2D eigenvalue weighted by Crippen LogP contribution is 2.36. The van der Waals surface area contributed by atoms with E-state index in [0.29, 0.717) is 21.7 Å². The Kier molecular flexibility index (Phi) is 6.26. The summed E-state index contributed by atoms with van der Waals surface area (Å²) in [4.78, 5) is 24.9. The minimum atomic E-state index is -0.842. The zero-order valence-electron chi connectivity index (χ0n) is 17.1. The van der Waals surface area contributed by atoms with Gasteiger partial charge in [-0.2, -0.15) is 0 Å². The molecule has 2 amide bonds. The van der Waals surface area contributed by atoms with Gasteiger partial charge in [0, 0.05) is 5.02 Å². The van der Waals surface area contributed by atoms with Crippen LogP contribution in [0.4, 0.5) is 5.69 Å². The molecule has 1 aliphatic carbocycles. The van der Waals surface area contributed by atoms with E-state index in [-0.39, 0.29) is 5.91 Å². The number of aliphatic hydroxyl groups excluding tert-OH is 1. The van der Waals surface area contributed by atoms with Crippen molar-refractivity contribution in [2.24, 2.45) is 11.8 Å². The molecule has 0 aromatic heterocycles. The summed E-state index contributed by atoms with van der Waals surface area (Å²) in [6, 6.07) is 3.62. The molecule has 8 heteroatoms. The van der Waals surface area contributed by atoms with Crippen LogP contribution in [0.5, 0.6) is 0 Å². The Bertz CT molecular complexity index is 990. The van der Waals surface area contributed by atoms with E-state index < -0.39 is 30.0 Å². The minimum Gasteiger partial charge on any atom is -0.387 e. The number of fused-ring (bicyclic) bond motifs is 1.